The Morgan fingerprint density at radius 3 is 1.87 bits per heavy atom. The van der Waals surface area contributed by atoms with E-state index < -0.39 is 24.3 Å². The highest BCUT2D eigenvalue weighted by Crippen LogP contribution is 2.47. The molecule has 2 aromatic rings. The van der Waals surface area contributed by atoms with E-state index >= 15 is 0 Å². The Balaban J connectivity index is 0.00000128. The molecule has 244 valence electrons. The molecule has 1 saturated carbocycles. The molecular weight excluding hydrogens is 570 g/mol. The molecule has 0 N–H and O–H groups in total. The number of hydrogen-bond acceptors (Lipinski definition) is 7. The lowest BCUT2D eigenvalue weighted by Gasteiger charge is -2.47. The first-order valence-corrected chi connectivity index (χ1v) is 16.9. The molecule has 3 unspecified atom stereocenters. The average Bonchev–Trinajstić information content (AvgIpc) is 3.78. The fourth-order valence-corrected chi connectivity index (χ4v) is 8.60. The van der Waals surface area contributed by atoms with Crippen LogP contribution in [0.5, 0.6) is 0 Å². The number of esters is 2. The van der Waals surface area contributed by atoms with Gasteiger partial charge in [0.1, 0.15) is 6.10 Å². The van der Waals surface area contributed by atoms with Crippen molar-refractivity contribution in [1.29, 1.82) is 0 Å². The number of carbonyl (C=O) groups is 3. The number of benzene rings is 2. The van der Waals surface area contributed by atoms with Gasteiger partial charge < -0.3 is 28.6 Å². The Hall–Kier alpha value is -3.23. The van der Waals surface area contributed by atoms with Crippen molar-refractivity contribution in [3.8, 4) is 0 Å². The zero-order valence-corrected chi connectivity index (χ0v) is 26.8. The van der Waals surface area contributed by atoms with Crippen LogP contribution in [0.4, 0.5) is 0 Å². The Bertz CT molecular complexity index is 1200. The SMILES string of the molecule is CC(C)CC(=O)OC(OC(C(=O)OC1CC2CCC(C1)[N+]21CCCC1)(c1ccccc1)c1ccccc1)C1CCCC1.O=C[O-]. The van der Waals surface area contributed by atoms with Crippen LogP contribution in [0.3, 0.4) is 0 Å². The molecule has 3 atom stereocenters. The van der Waals surface area contributed by atoms with Crippen LogP contribution < -0.4 is 5.11 Å². The molecule has 8 nitrogen and oxygen atoms in total. The van der Waals surface area contributed by atoms with Gasteiger partial charge in [-0.3, -0.25) is 4.79 Å². The van der Waals surface area contributed by atoms with Gasteiger partial charge in [-0.2, -0.15) is 0 Å². The van der Waals surface area contributed by atoms with Crippen molar-refractivity contribution in [2.45, 2.75) is 115 Å². The summed E-state index contributed by atoms with van der Waals surface area (Å²) in [4.78, 5) is 36.1. The molecular formula is C37H49NO7. The fraction of sp³-hybridized carbons (Fsp3) is 0.595. The standard InChI is InChI=1S/C36H48NO5.CH2O2/c1-26(2)23-33(38)41-34(27-13-9-10-14-27)42-36(28-15-5-3-6-16-28,29-17-7-4-8-18-29)35(39)40-32-24-30-19-20-31(25-32)37(30)21-11-12-22-37;2-1-3/h3-8,15-18,26-27,30-32,34H,9-14,19-25H2,1-2H3;1H,(H,2,3)/q+1;/p-1. The van der Waals surface area contributed by atoms with Gasteiger partial charge in [0.25, 0.3) is 0 Å². The van der Waals surface area contributed by atoms with Crippen LogP contribution in [0, 0.1) is 11.8 Å². The lowest BCUT2D eigenvalue weighted by atomic mass is 9.85. The molecule has 8 heteroatoms. The Kier molecular flexibility index (Phi) is 11.0. The highest BCUT2D eigenvalue weighted by atomic mass is 16.7. The van der Waals surface area contributed by atoms with E-state index in [4.69, 9.17) is 24.1 Å². The van der Waals surface area contributed by atoms with Crippen LogP contribution in [0.15, 0.2) is 60.7 Å². The van der Waals surface area contributed by atoms with Crippen molar-refractivity contribution < 1.29 is 38.2 Å². The van der Waals surface area contributed by atoms with Gasteiger partial charge in [-0.05, 0) is 29.9 Å². The quantitative estimate of drug-likeness (QED) is 0.155. The molecule has 0 radical (unpaired) electrons. The van der Waals surface area contributed by atoms with Crippen LogP contribution in [0.1, 0.15) is 95.6 Å². The van der Waals surface area contributed by atoms with Crippen LogP contribution in [0.2, 0.25) is 0 Å². The van der Waals surface area contributed by atoms with Gasteiger partial charge in [0, 0.05) is 57.3 Å². The second-order valence-electron chi connectivity index (χ2n) is 13.8. The average molecular weight is 620 g/mol. The highest BCUT2D eigenvalue weighted by Gasteiger charge is 2.57. The van der Waals surface area contributed by atoms with Crippen molar-refractivity contribution in [3.63, 3.8) is 0 Å². The van der Waals surface area contributed by atoms with Gasteiger partial charge in [-0.25, -0.2) is 4.79 Å². The van der Waals surface area contributed by atoms with Crippen molar-refractivity contribution in [1.82, 2.24) is 0 Å². The lowest BCUT2D eigenvalue weighted by Crippen LogP contribution is -2.60. The maximum absolute atomic E-state index is 14.8. The van der Waals surface area contributed by atoms with Crippen LogP contribution in [-0.4, -0.2) is 60.5 Å². The summed E-state index contributed by atoms with van der Waals surface area (Å²) < 4.78 is 20.9. The number of carbonyl (C=O) groups excluding carboxylic acids is 3. The molecule has 0 amide bonds. The van der Waals surface area contributed by atoms with Crippen LogP contribution in [-0.2, 0) is 34.2 Å². The molecule has 1 spiro atoms. The van der Waals surface area contributed by atoms with Gasteiger partial charge in [0.2, 0.25) is 11.9 Å². The molecule has 3 saturated heterocycles. The Labute approximate surface area is 267 Å². The van der Waals surface area contributed by atoms with E-state index in [9.17, 15) is 9.59 Å². The first kappa shape index (κ1) is 33.1. The smallest absolute Gasteiger partial charge is 0.348 e. The summed E-state index contributed by atoms with van der Waals surface area (Å²) in [6.07, 6.45) is 10.2. The fourth-order valence-electron chi connectivity index (χ4n) is 8.60. The van der Waals surface area contributed by atoms with Crippen molar-refractivity contribution in [2.24, 2.45) is 11.8 Å². The lowest BCUT2D eigenvalue weighted by molar-refractivity contribution is -0.956. The Morgan fingerprint density at radius 2 is 1.38 bits per heavy atom. The number of piperidine rings is 1. The minimum atomic E-state index is -1.55. The van der Waals surface area contributed by atoms with Crippen molar-refractivity contribution >= 4 is 18.4 Å². The third-order valence-electron chi connectivity index (χ3n) is 10.6. The first-order valence-electron chi connectivity index (χ1n) is 16.9. The molecule has 6 rings (SSSR count). The van der Waals surface area contributed by atoms with Gasteiger partial charge in [-0.1, -0.05) is 87.4 Å². The third kappa shape index (κ3) is 7.12. The van der Waals surface area contributed by atoms with E-state index in [1.807, 2.05) is 74.5 Å². The minimum Gasteiger partial charge on any atom is -0.554 e. The highest BCUT2D eigenvalue weighted by molar-refractivity contribution is 5.86. The topological polar surface area (TPSA) is 102 Å². The molecule has 0 aromatic heterocycles. The maximum atomic E-state index is 14.8. The molecule has 3 heterocycles. The summed E-state index contributed by atoms with van der Waals surface area (Å²) in [5.41, 5.74) is -0.151. The van der Waals surface area contributed by atoms with E-state index in [-0.39, 0.29) is 23.9 Å². The predicted molar refractivity (Wildman–Crippen MR) is 167 cm³/mol. The van der Waals surface area contributed by atoms with Crippen LogP contribution >= 0.6 is 0 Å². The summed E-state index contributed by atoms with van der Waals surface area (Å²) in [6.45, 7) is 6.08. The van der Waals surface area contributed by atoms with E-state index in [2.05, 4.69) is 0 Å². The number of hydrogen-bond donors (Lipinski definition) is 0. The normalized spacial score (nSPS) is 24.6. The predicted octanol–water partition coefficient (Wildman–Crippen LogP) is 5.27. The molecule has 3 aliphatic heterocycles. The van der Waals surface area contributed by atoms with E-state index in [1.54, 1.807) is 0 Å². The first-order chi connectivity index (χ1) is 21.8. The molecule has 2 aromatic carbocycles. The number of nitrogens with zero attached hydrogens (tertiary/aromatic N) is 1. The maximum Gasteiger partial charge on any atom is 0.348 e. The number of ether oxygens (including phenoxy) is 3. The zero-order chi connectivity index (χ0) is 31.9. The second kappa shape index (κ2) is 14.9. The summed E-state index contributed by atoms with van der Waals surface area (Å²) in [5, 5.41) is 8.25. The third-order valence-corrected chi connectivity index (χ3v) is 10.6. The second-order valence-corrected chi connectivity index (χ2v) is 13.8. The van der Waals surface area contributed by atoms with Crippen LogP contribution in [0.25, 0.3) is 0 Å². The summed E-state index contributed by atoms with van der Waals surface area (Å²) >= 11 is 0. The van der Waals surface area contributed by atoms with Gasteiger partial charge >= 0.3 is 11.9 Å². The Morgan fingerprint density at radius 1 is 0.867 bits per heavy atom. The zero-order valence-electron chi connectivity index (χ0n) is 26.8. The minimum absolute atomic E-state index is 0.0331. The summed E-state index contributed by atoms with van der Waals surface area (Å²) in [6, 6.07) is 20.5. The molecule has 45 heavy (non-hydrogen) atoms. The van der Waals surface area contributed by atoms with E-state index in [0.717, 1.165) is 38.5 Å². The summed E-state index contributed by atoms with van der Waals surface area (Å²) in [5.74, 6) is -0.482. The summed E-state index contributed by atoms with van der Waals surface area (Å²) in [7, 11) is 0. The molecule has 2 bridgehead atoms. The van der Waals surface area contributed by atoms with E-state index in [0.29, 0.717) is 29.6 Å². The number of rotatable bonds is 10. The molecule has 4 aliphatic rings. The molecule has 1 aliphatic carbocycles. The van der Waals surface area contributed by atoms with Gasteiger partial charge in [0.05, 0.1) is 25.2 Å². The monoisotopic (exact) mass is 619 g/mol. The molecule has 4 fully saturated rings. The van der Waals surface area contributed by atoms with E-state index in [1.165, 1.54) is 43.3 Å². The number of carboxylic acid groups (broad SMARTS) is 1. The van der Waals surface area contributed by atoms with Crippen molar-refractivity contribution in [2.75, 3.05) is 13.1 Å². The van der Waals surface area contributed by atoms with Gasteiger partial charge in [-0.15, -0.1) is 0 Å². The van der Waals surface area contributed by atoms with Gasteiger partial charge in [0.15, 0.2) is 0 Å². The van der Waals surface area contributed by atoms with Crippen molar-refractivity contribution in [3.05, 3.63) is 71.8 Å². The largest absolute Gasteiger partial charge is 0.554 e. The number of quaternary nitrogens is 1.